The van der Waals surface area contributed by atoms with Gasteiger partial charge < -0.3 is 10.2 Å². The van der Waals surface area contributed by atoms with E-state index in [1.54, 1.807) is 10.7 Å². The lowest BCUT2D eigenvalue weighted by atomic mass is 9.87. The minimum absolute atomic E-state index is 0.0380. The fraction of sp³-hybridized carbons (Fsp3) is 0.458. The summed E-state index contributed by atoms with van der Waals surface area (Å²) in [6.07, 6.45) is 1.78. The molecule has 1 amide bonds. The number of hydrogen-bond donors (Lipinski definition) is 1. The maximum Gasteiger partial charge on any atom is 0.274 e. The predicted molar refractivity (Wildman–Crippen MR) is 120 cm³/mol. The summed E-state index contributed by atoms with van der Waals surface area (Å²) in [4.78, 5) is 20.0. The van der Waals surface area contributed by atoms with Crippen LogP contribution in [0.3, 0.4) is 0 Å². The van der Waals surface area contributed by atoms with Crippen LogP contribution in [0, 0.1) is 6.92 Å². The van der Waals surface area contributed by atoms with E-state index in [-0.39, 0.29) is 16.9 Å². The first-order valence-electron chi connectivity index (χ1n) is 10.6. The maximum atomic E-state index is 13.3. The van der Waals surface area contributed by atoms with E-state index in [2.05, 4.69) is 71.1 Å². The van der Waals surface area contributed by atoms with Gasteiger partial charge >= 0.3 is 0 Å². The topological polar surface area (TPSA) is 62.5 Å². The third-order valence-corrected chi connectivity index (χ3v) is 5.81. The predicted octanol–water partition coefficient (Wildman–Crippen LogP) is 3.83. The van der Waals surface area contributed by atoms with Crippen molar-refractivity contribution >= 4 is 11.6 Å². The minimum Gasteiger partial charge on any atom is -0.330 e. The first kappa shape index (κ1) is 20.5. The molecule has 0 radical (unpaired) electrons. The first-order valence-corrected chi connectivity index (χ1v) is 10.6. The van der Waals surface area contributed by atoms with Crippen molar-refractivity contribution in [2.45, 2.75) is 52.5 Å². The Labute approximate surface area is 178 Å². The Morgan fingerprint density at radius 1 is 1.20 bits per heavy atom. The van der Waals surface area contributed by atoms with Crippen LogP contribution in [0.25, 0.3) is 16.9 Å². The third-order valence-electron chi connectivity index (χ3n) is 5.81. The van der Waals surface area contributed by atoms with Crippen LogP contribution in [0.4, 0.5) is 0 Å². The molecule has 0 aliphatic carbocycles. The van der Waals surface area contributed by atoms with Crippen molar-refractivity contribution < 1.29 is 4.79 Å². The summed E-state index contributed by atoms with van der Waals surface area (Å²) in [5.41, 5.74) is 5.02. The van der Waals surface area contributed by atoms with Gasteiger partial charge in [-0.05, 0) is 38.3 Å². The number of piperazine rings is 1. The highest BCUT2D eigenvalue weighted by atomic mass is 16.2. The van der Waals surface area contributed by atoms with Gasteiger partial charge in [0.2, 0.25) is 0 Å². The monoisotopic (exact) mass is 405 g/mol. The number of nitrogens with zero attached hydrogens (tertiary/aromatic N) is 4. The summed E-state index contributed by atoms with van der Waals surface area (Å²) in [5.74, 6) is -0.0380. The molecule has 6 nitrogen and oxygen atoms in total. The Hall–Kier alpha value is -2.73. The van der Waals surface area contributed by atoms with Crippen LogP contribution in [0.2, 0.25) is 0 Å². The number of imidazole rings is 1. The van der Waals surface area contributed by atoms with Crippen molar-refractivity contribution in [3.8, 4) is 11.3 Å². The van der Waals surface area contributed by atoms with Gasteiger partial charge in [0.05, 0.1) is 17.4 Å². The number of nitrogens with one attached hydrogen (secondary N) is 1. The van der Waals surface area contributed by atoms with E-state index in [1.165, 1.54) is 5.56 Å². The maximum absolute atomic E-state index is 13.3. The second kappa shape index (κ2) is 7.20. The normalized spacial score (nSPS) is 16.8. The zero-order valence-electron chi connectivity index (χ0n) is 18.8. The zero-order valence-corrected chi connectivity index (χ0v) is 18.8. The molecule has 2 aromatic heterocycles. The van der Waals surface area contributed by atoms with Crippen LogP contribution >= 0.6 is 0 Å². The quantitative estimate of drug-likeness (QED) is 0.704. The molecule has 1 aromatic carbocycles. The van der Waals surface area contributed by atoms with E-state index in [0.717, 1.165) is 35.6 Å². The largest absolute Gasteiger partial charge is 0.330 e. The third kappa shape index (κ3) is 3.72. The van der Waals surface area contributed by atoms with E-state index in [4.69, 9.17) is 10.1 Å². The number of carbonyl (C=O) groups excluding carboxylic acids is 1. The molecule has 3 heterocycles. The molecule has 0 unspecified atom stereocenters. The van der Waals surface area contributed by atoms with Crippen molar-refractivity contribution in [1.82, 2.24) is 24.8 Å². The van der Waals surface area contributed by atoms with Crippen LogP contribution in [0.1, 0.15) is 56.2 Å². The molecule has 158 valence electrons. The first-order chi connectivity index (χ1) is 14.1. The molecule has 1 saturated heterocycles. The fourth-order valence-corrected chi connectivity index (χ4v) is 4.08. The Balaban J connectivity index is 1.84. The number of rotatable bonds is 2. The highest BCUT2D eigenvalue weighted by Crippen LogP contribution is 2.30. The average Bonchev–Trinajstić information content (AvgIpc) is 3.09. The number of aryl methyl sites for hydroxylation is 1. The van der Waals surface area contributed by atoms with E-state index in [0.29, 0.717) is 12.2 Å². The fourth-order valence-electron chi connectivity index (χ4n) is 4.08. The van der Waals surface area contributed by atoms with Gasteiger partial charge in [-0.1, -0.05) is 44.5 Å². The van der Waals surface area contributed by atoms with Gasteiger partial charge in [-0.2, -0.15) is 5.10 Å². The highest BCUT2D eigenvalue weighted by Gasteiger charge is 2.35. The van der Waals surface area contributed by atoms with E-state index in [1.807, 2.05) is 11.0 Å². The zero-order chi connectivity index (χ0) is 21.7. The second-order valence-electron chi connectivity index (χ2n) is 9.90. The van der Waals surface area contributed by atoms with Crippen molar-refractivity contribution in [3.05, 3.63) is 53.3 Å². The van der Waals surface area contributed by atoms with Crippen LogP contribution < -0.4 is 5.32 Å². The van der Waals surface area contributed by atoms with Crippen molar-refractivity contribution in [2.24, 2.45) is 0 Å². The molecule has 0 spiro atoms. The SMILES string of the molecule is Cc1cccc(-c2cc(C(C)(C)C)c3nc(C(=O)N4CCNCC4(C)C)cn3n2)c1. The molecule has 4 rings (SSSR count). The smallest absolute Gasteiger partial charge is 0.274 e. The second-order valence-corrected chi connectivity index (χ2v) is 9.90. The summed E-state index contributed by atoms with van der Waals surface area (Å²) >= 11 is 0. The molecule has 3 aromatic rings. The number of amides is 1. The molecule has 1 aliphatic rings. The highest BCUT2D eigenvalue weighted by molar-refractivity contribution is 5.93. The van der Waals surface area contributed by atoms with Gasteiger partial charge in [-0.15, -0.1) is 0 Å². The summed E-state index contributed by atoms with van der Waals surface area (Å²) in [5, 5.41) is 8.18. The number of aromatic nitrogens is 3. The lowest BCUT2D eigenvalue weighted by Crippen LogP contribution is -2.59. The van der Waals surface area contributed by atoms with Crippen LogP contribution in [-0.2, 0) is 5.41 Å². The van der Waals surface area contributed by atoms with E-state index < -0.39 is 0 Å². The number of benzene rings is 1. The number of fused-ring (bicyclic) bond motifs is 1. The van der Waals surface area contributed by atoms with Gasteiger partial charge in [-0.25, -0.2) is 9.50 Å². The Morgan fingerprint density at radius 3 is 2.63 bits per heavy atom. The van der Waals surface area contributed by atoms with E-state index in [9.17, 15) is 4.79 Å². The van der Waals surface area contributed by atoms with Crippen molar-refractivity contribution in [3.63, 3.8) is 0 Å². The van der Waals surface area contributed by atoms with Crippen molar-refractivity contribution in [1.29, 1.82) is 0 Å². The number of carbonyl (C=O) groups is 1. The van der Waals surface area contributed by atoms with E-state index >= 15 is 0 Å². The standard InChI is InChI=1S/C24H31N5O/c1-16-8-7-9-17(12-16)19-13-18(23(2,3)4)21-26-20(14-29(21)27-19)22(30)28-11-10-25-15-24(28,5)6/h7-9,12-14,25H,10-11,15H2,1-6H3. The molecule has 30 heavy (non-hydrogen) atoms. The van der Waals surface area contributed by atoms with Crippen LogP contribution in [0.15, 0.2) is 36.5 Å². The minimum atomic E-state index is -0.252. The molecular weight excluding hydrogens is 374 g/mol. The van der Waals surface area contributed by atoms with Gasteiger partial charge in [0, 0.05) is 30.8 Å². The van der Waals surface area contributed by atoms with Crippen LogP contribution in [-0.4, -0.2) is 50.6 Å². The molecule has 0 atom stereocenters. The Kier molecular flexibility index (Phi) is 4.93. The molecule has 0 bridgehead atoms. The van der Waals surface area contributed by atoms with Gasteiger partial charge in [-0.3, -0.25) is 4.79 Å². The lowest BCUT2D eigenvalue weighted by molar-refractivity contribution is 0.0472. The average molecular weight is 406 g/mol. The summed E-state index contributed by atoms with van der Waals surface area (Å²) < 4.78 is 1.78. The lowest BCUT2D eigenvalue weighted by Gasteiger charge is -2.42. The van der Waals surface area contributed by atoms with Gasteiger partial charge in [0.15, 0.2) is 5.65 Å². The molecule has 1 N–H and O–H groups in total. The van der Waals surface area contributed by atoms with Crippen LogP contribution in [0.5, 0.6) is 0 Å². The molecule has 6 heteroatoms. The van der Waals surface area contributed by atoms with Gasteiger partial charge in [0.1, 0.15) is 5.69 Å². The Bertz CT molecular complexity index is 1110. The molecule has 0 saturated carbocycles. The molecule has 1 aliphatic heterocycles. The van der Waals surface area contributed by atoms with Crippen molar-refractivity contribution in [2.75, 3.05) is 19.6 Å². The Morgan fingerprint density at radius 2 is 1.97 bits per heavy atom. The number of hydrogen-bond acceptors (Lipinski definition) is 4. The molecule has 1 fully saturated rings. The summed E-state index contributed by atoms with van der Waals surface area (Å²) in [7, 11) is 0. The van der Waals surface area contributed by atoms with Gasteiger partial charge in [0.25, 0.3) is 5.91 Å². The summed E-state index contributed by atoms with van der Waals surface area (Å²) in [6, 6.07) is 10.4. The summed E-state index contributed by atoms with van der Waals surface area (Å²) in [6.45, 7) is 15.0. The molecular formula is C24H31N5O.